The SMILES string of the molecule is CNCc1cc(N(C)C)nc(N)n1. The molecule has 0 aliphatic rings. The Labute approximate surface area is 78.0 Å². The highest BCUT2D eigenvalue weighted by molar-refractivity contribution is 5.41. The van der Waals surface area contributed by atoms with E-state index < -0.39 is 0 Å². The Morgan fingerprint density at radius 1 is 1.46 bits per heavy atom. The number of aromatic nitrogens is 2. The number of nitrogens with two attached hydrogens (primary N) is 1. The molecule has 1 aromatic heterocycles. The number of nitrogens with one attached hydrogen (secondary N) is 1. The van der Waals surface area contributed by atoms with Crippen molar-refractivity contribution in [3.05, 3.63) is 11.8 Å². The molecule has 13 heavy (non-hydrogen) atoms. The van der Waals surface area contributed by atoms with Gasteiger partial charge in [-0.2, -0.15) is 4.98 Å². The van der Waals surface area contributed by atoms with E-state index in [-0.39, 0.29) is 0 Å². The lowest BCUT2D eigenvalue weighted by molar-refractivity contribution is 0.787. The zero-order valence-electron chi connectivity index (χ0n) is 8.20. The summed E-state index contributed by atoms with van der Waals surface area (Å²) in [6.45, 7) is 0.702. The van der Waals surface area contributed by atoms with Crippen LogP contribution in [0.25, 0.3) is 0 Å². The monoisotopic (exact) mass is 181 g/mol. The lowest BCUT2D eigenvalue weighted by Gasteiger charge is -2.12. The quantitative estimate of drug-likeness (QED) is 0.678. The highest BCUT2D eigenvalue weighted by Crippen LogP contribution is 2.10. The van der Waals surface area contributed by atoms with Crippen LogP contribution in [0.4, 0.5) is 11.8 Å². The molecule has 5 nitrogen and oxygen atoms in total. The lowest BCUT2D eigenvalue weighted by atomic mass is 10.4. The van der Waals surface area contributed by atoms with E-state index in [9.17, 15) is 0 Å². The molecule has 0 aliphatic heterocycles. The van der Waals surface area contributed by atoms with Gasteiger partial charge in [0.15, 0.2) is 0 Å². The number of hydrogen-bond acceptors (Lipinski definition) is 5. The number of anilines is 2. The molecule has 0 spiro atoms. The Morgan fingerprint density at radius 3 is 2.69 bits per heavy atom. The molecule has 0 amide bonds. The van der Waals surface area contributed by atoms with Gasteiger partial charge in [-0.15, -0.1) is 0 Å². The summed E-state index contributed by atoms with van der Waals surface area (Å²) in [6, 6.07) is 1.91. The maximum absolute atomic E-state index is 5.55. The van der Waals surface area contributed by atoms with Crippen LogP contribution in [0.1, 0.15) is 5.69 Å². The van der Waals surface area contributed by atoms with Gasteiger partial charge in [0.1, 0.15) is 5.82 Å². The molecule has 0 saturated carbocycles. The first-order valence-electron chi connectivity index (χ1n) is 4.09. The summed E-state index contributed by atoms with van der Waals surface area (Å²) in [5.41, 5.74) is 6.45. The number of rotatable bonds is 3. The summed E-state index contributed by atoms with van der Waals surface area (Å²) in [5.74, 6) is 1.15. The van der Waals surface area contributed by atoms with Gasteiger partial charge in [0, 0.05) is 26.7 Å². The molecule has 0 atom stereocenters. The van der Waals surface area contributed by atoms with Crippen LogP contribution in [0.3, 0.4) is 0 Å². The summed E-state index contributed by atoms with van der Waals surface area (Å²) in [6.07, 6.45) is 0. The van der Waals surface area contributed by atoms with Crippen LogP contribution in [-0.4, -0.2) is 31.1 Å². The minimum absolute atomic E-state index is 0.316. The largest absolute Gasteiger partial charge is 0.368 e. The summed E-state index contributed by atoms with van der Waals surface area (Å²) in [5, 5.41) is 3.01. The van der Waals surface area contributed by atoms with Crippen LogP contribution < -0.4 is 16.0 Å². The van der Waals surface area contributed by atoms with Gasteiger partial charge in [0.05, 0.1) is 5.69 Å². The van der Waals surface area contributed by atoms with Gasteiger partial charge in [-0.25, -0.2) is 4.98 Å². The van der Waals surface area contributed by atoms with Crippen LogP contribution in [-0.2, 0) is 6.54 Å². The van der Waals surface area contributed by atoms with Crippen LogP contribution >= 0.6 is 0 Å². The van der Waals surface area contributed by atoms with Crippen molar-refractivity contribution in [2.24, 2.45) is 0 Å². The molecular weight excluding hydrogens is 166 g/mol. The van der Waals surface area contributed by atoms with Crippen molar-refractivity contribution in [3.63, 3.8) is 0 Å². The smallest absolute Gasteiger partial charge is 0.222 e. The first-order chi connectivity index (χ1) is 6.13. The first-order valence-corrected chi connectivity index (χ1v) is 4.09. The van der Waals surface area contributed by atoms with Gasteiger partial charge in [0.25, 0.3) is 0 Å². The van der Waals surface area contributed by atoms with Gasteiger partial charge in [-0.3, -0.25) is 0 Å². The fourth-order valence-corrected chi connectivity index (χ4v) is 1.00. The second-order valence-corrected chi connectivity index (χ2v) is 3.00. The normalized spacial score (nSPS) is 10.1. The van der Waals surface area contributed by atoms with Crippen molar-refractivity contribution < 1.29 is 0 Å². The Hall–Kier alpha value is -1.36. The molecule has 5 heteroatoms. The van der Waals surface area contributed by atoms with Gasteiger partial charge < -0.3 is 16.0 Å². The molecule has 0 radical (unpaired) electrons. The van der Waals surface area contributed by atoms with Crippen molar-refractivity contribution in [1.29, 1.82) is 0 Å². The topological polar surface area (TPSA) is 67.1 Å². The molecule has 0 bridgehead atoms. The summed E-state index contributed by atoms with van der Waals surface area (Å²) < 4.78 is 0. The molecule has 0 unspecified atom stereocenters. The fraction of sp³-hybridized carbons (Fsp3) is 0.500. The zero-order valence-corrected chi connectivity index (χ0v) is 8.20. The standard InChI is InChI=1S/C8H15N5/c1-10-5-6-4-7(13(2)3)12-8(9)11-6/h4,10H,5H2,1-3H3,(H2,9,11,12). The Bertz CT molecular complexity index is 284. The minimum Gasteiger partial charge on any atom is -0.368 e. The van der Waals surface area contributed by atoms with Gasteiger partial charge >= 0.3 is 0 Å². The second-order valence-electron chi connectivity index (χ2n) is 3.00. The number of nitrogen functional groups attached to an aromatic ring is 1. The van der Waals surface area contributed by atoms with E-state index in [0.29, 0.717) is 12.5 Å². The predicted octanol–water partition coefficient (Wildman–Crippen LogP) is -0.156. The van der Waals surface area contributed by atoms with E-state index >= 15 is 0 Å². The zero-order chi connectivity index (χ0) is 9.84. The van der Waals surface area contributed by atoms with E-state index in [1.54, 1.807) is 0 Å². The van der Waals surface area contributed by atoms with Crippen molar-refractivity contribution in [1.82, 2.24) is 15.3 Å². The molecule has 0 aliphatic carbocycles. The van der Waals surface area contributed by atoms with Crippen molar-refractivity contribution in [2.45, 2.75) is 6.54 Å². The summed E-state index contributed by atoms with van der Waals surface area (Å²) in [7, 11) is 5.71. The average molecular weight is 181 g/mol. The van der Waals surface area contributed by atoms with Crippen LogP contribution in [0.15, 0.2) is 6.07 Å². The highest BCUT2D eigenvalue weighted by atomic mass is 15.2. The van der Waals surface area contributed by atoms with Crippen molar-refractivity contribution in [2.75, 3.05) is 31.8 Å². The van der Waals surface area contributed by atoms with E-state index in [4.69, 9.17) is 5.73 Å². The van der Waals surface area contributed by atoms with Crippen LogP contribution in [0, 0.1) is 0 Å². The third kappa shape index (κ3) is 2.55. The summed E-state index contributed by atoms with van der Waals surface area (Å²) in [4.78, 5) is 10.1. The molecule has 72 valence electrons. The van der Waals surface area contributed by atoms with E-state index in [2.05, 4.69) is 15.3 Å². The lowest BCUT2D eigenvalue weighted by Crippen LogP contribution is -2.15. The molecule has 0 fully saturated rings. The Balaban J connectivity index is 2.96. The third-order valence-electron chi connectivity index (χ3n) is 1.60. The van der Waals surface area contributed by atoms with Crippen LogP contribution in [0.5, 0.6) is 0 Å². The minimum atomic E-state index is 0.316. The predicted molar refractivity (Wildman–Crippen MR) is 53.5 cm³/mol. The first kappa shape index (κ1) is 9.73. The van der Waals surface area contributed by atoms with Crippen molar-refractivity contribution in [3.8, 4) is 0 Å². The average Bonchev–Trinajstić information content (AvgIpc) is 2.03. The maximum Gasteiger partial charge on any atom is 0.222 e. The van der Waals surface area contributed by atoms with Crippen molar-refractivity contribution >= 4 is 11.8 Å². The van der Waals surface area contributed by atoms with Gasteiger partial charge in [-0.05, 0) is 7.05 Å². The number of hydrogen-bond donors (Lipinski definition) is 2. The summed E-state index contributed by atoms with van der Waals surface area (Å²) >= 11 is 0. The Morgan fingerprint density at radius 2 is 2.15 bits per heavy atom. The molecule has 1 aromatic rings. The van der Waals surface area contributed by atoms with E-state index in [1.165, 1.54) is 0 Å². The maximum atomic E-state index is 5.55. The van der Waals surface area contributed by atoms with Gasteiger partial charge in [0.2, 0.25) is 5.95 Å². The highest BCUT2D eigenvalue weighted by Gasteiger charge is 2.02. The third-order valence-corrected chi connectivity index (χ3v) is 1.60. The molecule has 0 saturated heterocycles. The molecular formula is C8H15N5. The molecule has 1 rings (SSSR count). The van der Waals surface area contributed by atoms with Gasteiger partial charge in [-0.1, -0.05) is 0 Å². The second kappa shape index (κ2) is 4.04. The molecule has 0 aromatic carbocycles. The molecule has 3 N–H and O–H groups in total. The van der Waals surface area contributed by atoms with Crippen LogP contribution in [0.2, 0.25) is 0 Å². The van der Waals surface area contributed by atoms with E-state index in [1.807, 2.05) is 32.1 Å². The molecule has 1 heterocycles. The Kier molecular flexibility index (Phi) is 3.02. The number of nitrogens with zero attached hydrogens (tertiary/aromatic N) is 3. The fourth-order valence-electron chi connectivity index (χ4n) is 1.00. The van der Waals surface area contributed by atoms with E-state index in [0.717, 1.165) is 11.5 Å².